The first kappa shape index (κ1) is 23.7. The third-order valence-electron chi connectivity index (χ3n) is 4.85. The summed E-state index contributed by atoms with van der Waals surface area (Å²) in [4.78, 5) is 7.69. The lowest BCUT2D eigenvalue weighted by atomic mass is 10.0. The number of aliphatic hydroxyl groups is 1. The molecule has 0 radical (unpaired) electrons. The van der Waals surface area contributed by atoms with Gasteiger partial charge in [0.1, 0.15) is 11.9 Å². The van der Waals surface area contributed by atoms with Crippen LogP contribution in [0.4, 0.5) is 4.39 Å². The molecule has 0 saturated carbocycles. The molecule has 1 aliphatic heterocycles. The molecule has 0 aliphatic carbocycles. The molecule has 168 valence electrons. The number of halogens is 2. The highest BCUT2D eigenvalue weighted by Gasteiger charge is 2.27. The summed E-state index contributed by atoms with van der Waals surface area (Å²) in [6.45, 7) is 7.62. The maximum Gasteiger partial charge on any atom is 0.145 e. The Morgan fingerprint density at radius 1 is 1.26 bits per heavy atom. The third kappa shape index (κ3) is 7.58. The molecule has 1 N–H and O–H groups in total. The lowest BCUT2D eigenvalue weighted by Crippen LogP contribution is -2.40. The zero-order chi connectivity index (χ0) is 22.4. The molecular formula is C24H30ClFN2O3. The molecule has 0 bridgehead atoms. The van der Waals surface area contributed by atoms with Gasteiger partial charge in [0, 0.05) is 36.6 Å². The van der Waals surface area contributed by atoms with Crippen LogP contribution in [0.15, 0.2) is 53.7 Å². The van der Waals surface area contributed by atoms with Crippen molar-refractivity contribution in [2.45, 2.75) is 51.5 Å². The van der Waals surface area contributed by atoms with Gasteiger partial charge >= 0.3 is 0 Å². The summed E-state index contributed by atoms with van der Waals surface area (Å²) in [6, 6.07) is 14.2. The van der Waals surface area contributed by atoms with Gasteiger partial charge < -0.3 is 14.7 Å². The molecule has 5 nitrogen and oxygen atoms in total. The van der Waals surface area contributed by atoms with Gasteiger partial charge in [0.25, 0.3) is 0 Å². The highest BCUT2D eigenvalue weighted by molar-refractivity contribution is 6.30. The van der Waals surface area contributed by atoms with Gasteiger partial charge in [-0.25, -0.2) is 4.39 Å². The molecule has 31 heavy (non-hydrogen) atoms. The number of benzene rings is 2. The third-order valence-corrected chi connectivity index (χ3v) is 5.09. The Morgan fingerprint density at radius 3 is 2.74 bits per heavy atom. The lowest BCUT2D eigenvalue weighted by molar-refractivity contribution is -0.0600. The molecule has 0 spiro atoms. The maximum atomic E-state index is 14.1. The highest BCUT2D eigenvalue weighted by Crippen LogP contribution is 2.21. The lowest BCUT2D eigenvalue weighted by Gasteiger charge is -2.28. The number of aliphatic hydroxyl groups excluding tert-OH is 1. The zero-order valence-corrected chi connectivity index (χ0v) is 19.0. The van der Waals surface area contributed by atoms with Gasteiger partial charge in [-0.3, -0.25) is 4.90 Å². The maximum absolute atomic E-state index is 14.1. The van der Waals surface area contributed by atoms with E-state index in [0.29, 0.717) is 42.4 Å². The molecule has 1 aliphatic rings. The van der Waals surface area contributed by atoms with Crippen molar-refractivity contribution in [3.05, 3.63) is 70.5 Å². The summed E-state index contributed by atoms with van der Waals surface area (Å²) in [5, 5.41) is 15.3. The summed E-state index contributed by atoms with van der Waals surface area (Å²) >= 11 is 6.14. The molecule has 2 aromatic carbocycles. The topological polar surface area (TPSA) is 54.3 Å². The molecule has 1 heterocycles. The Hall–Kier alpha value is -1.99. The van der Waals surface area contributed by atoms with E-state index in [-0.39, 0.29) is 24.1 Å². The van der Waals surface area contributed by atoms with Crippen molar-refractivity contribution >= 4 is 17.3 Å². The van der Waals surface area contributed by atoms with Crippen molar-refractivity contribution in [3.8, 4) is 0 Å². The zero-order valence-electron chi connectivity index (χ0n) is 18.2. The Kier molecular flexibility index (Phi) is 8.06. The van der Waals surface area contributed by atoms with Gasteiger partial charge in [-0.1, -0.05) is 47.1 Å². The number of nitrogens with zero attached hydrogens (tertiary/aromatic N) is 2. The van der Waals surface area contributed by atoms with E-state index in [4.69, 9.17) is 21.2 Å². The van der Waals surface area contributed by atoms with Crippen LogP contribution in [-0.4, -0.2) is 53.2 Å². The van der Waals surface area contributed by atoms with Crippen LogP contribution in [0.25, 0.3) is 0 Å². The van der Waals surface area contributed by atoms with Crippen LogP contribution in [0.5, 0.6) is 0 Å². The average Bonchev–Trinajstić information content (AvgIpc) is 3.14. The minimum Gasteiger partial charge on any atom is -0.390 e. The van der Waals surface area contributed by atoms with E-state index in [2.05, 4.69) is 10.1 Å². The number of ether oxygens (including phenoxy) is 1. The van der Waals surface area contributed by atoms with Crippen LogP contribution in [0.1, 0.15) is 38.3 Å². The fraction of sp³-hybridized carbons (Fsp3) is 0.458. The minimum atomic E-state index is -0.660. The monoisotopic (exact) mass is 448 g/mol. The molecule has 0 unspecified atom stereocenters. The number of rotatable bonds is 9. The van der Waals surface area contributed by atoms with E-state index in [1.54, 1.807) is 18.2 Å². The average molecular weight is 449 g/mol. The summed E-state index contributed by atoms with van der Waals surface area (Å²) in [6.07, 6.45) is -0.391. The van der Waals surface area contributed by atoms with Gasteiger partial charge in [-0.15, -0.1) is 0 Å². The van der Waals surface area contributed by atoms with E-state index in [1.165, 1.54) is 6.07 Å². The van der Waals surface area contributed by atoms with E-state index in [1.807, 2.05) is 45.0 Å². The van der Waals surface area contributed by atoms with Crippen molar-refractivity contribution in [1.29, 1.82) is 0 Å². The summed E-state index contributed by atoms with van der Waals surface area (Å²) in [5.74, 6) is -0.309. The van der Waals surface area contributed by atoms with Crippen molar-refractivity contribution < 1.29 is 19.1 Å². The van der Waals surface area contributed by atoms with Crippen molar-refractivity contribution in [2.24, 2.45) is 5.16 Å². The molecule has 0 amide bonds. The first-order valence-corrected chi connectivity index (χ1v) is 10.8. The second kappa shape index (κ2) is 10.6. The highest BCUT2D eigenvalue weighted by atomic mass is 35.5. The van der Waals surface area contributed by atoms with Crippen LogP contribution in [0.2, 0.25) is 5.02 Å². The number of hydrogen-bond donors (Lipinski definition) is 1. The standard InChI is InChI=1S/C24H30ClFN2O3/c1-24(2,3)30-16-19(29)14-28(13-17-7-6-8-18(25)11-17)15-20-12-23(27-31-20)21-9-4-5-10-22(21)26/h4-11,19-20,29H,12-16H2,1-3H3/t19-,20-/m1/s1. The second-order valence-electron chi connectivity index (χ2n) is 8.85. The quantitative estimate of drug-likeness (QED) is 0.606. The van der Waals surface area contributed by atoms with Crippen LogP contribution in [0.3, 0.4) is 0 Å². The van der Waals surface area contributed by atoms with Crippen LogP contribution in [0, 0.1) is 5.82 Å². The van der Waals surface area contributed by atoms with E-state index in [0.717, 1.165) is 5.56 Å². The van der Waals surface area contributed by atoms with Crippen LogP contribution < -0.4 is 0 Å². The Balaban J connectivity index is 1.64. The predicted molar refractivity (Wildman–Crippen MR) is 121 cm³/mol. The fourth-order valence-electron chi connectivity index (χ4n) is 3.46. The summed E-state index contributed by atoms with van der Waals surface area (Å²) < 4.78 is 19.8. The van der Waals surface area contributed by atoms with Gasteiger partial charge in [-0.2, -0.15) is 0 Å². The summed E-state index contributed by atoms with van der Waals surface area (Å²) in [5.41, 5.74) is 1.77. The van der Waals surface area contributed by atoms with Gasteiger partial charge in [-0.05, 0) is 44.5 Å². The SMILES string of the molecule is CC(C)(C)OC[C@H](O)CN(Cc1cccc(Cl)c1)C[C@H]1CC(c2ccccc2F)=NO1. The number of hydrogen-bond acceptors (Lipinski definition) is 5. The van der Waals surface area contributed by atoms with Crippen molar-refractivity contribution in [3.63, 3.8) is 0 Å². The van der Waals surface area contributed by atoms with Crippen LogP contribution in [-0.2, 0) is 16.1 Å². The van der Waals surface area contributed by atoms with Crippen molar-refractivity contribution in [2.75, 3.05) is 19.7 Å². The smallest absolute Gasteiger partial charge is 0.145 e. The van der Waals surface area contributed by atoms with Crippen LogP contribution >= 0.6 is 11.6 Å². The molecule has 0 fully saturated rings. The normalized spacial score (nSPS) is 17.5. The Bertz CT molecular complexity index is 900. The van der Waals surface area contributed by atoms with Gasteiger partial charge in [0.15, 0.2) is 0 Å². The molecule has 3 rings (SSSR count). The summed E-state index contributed by atoms with van der Waals surface area (Å²) in [7, 11) is 0. The molecular weight excluding hydrogens is 419 g/mol. The Morgan fingerprint density at radius 2 is 2.03 bits per heavy atom. The minimum absolute atomic E-state index is 0.232. The van der Waals surface area contributed by atoms with E-state index < -0.39 is 6.10 Å². The molecule has 7 heteroatoms. The van der Waals surface area contributed by atoms with Crippen molar-refractivity contribution in [1.82, 2.24) is 4.90 Å². The largest absolute Gasteiger partial charge is 0.390 e. The molecule has 2 atom stereocenters. The molecule has 0 saturated heterocycles. The van der Waals surface area contributed by atoms with E-state index in [9.17, 15) is 9.50 Å². The van der Waals surface area contributed by atoms with Gasteiger partial charge in [0.2, 0.25) is 0 Å². The molecule has 2 aromatic rings. The fourth-order valence-corrected chi connectivity index (χ4v) is 3.68. The predicted octanol–water partition coefficient (Wildman–Crippen LogP) is 4.65. The number of oxime groups is 1. The molecule has 0 aromatic heterocycles. The first-order valence-electron chi connectivity index (χ1n) is 10.5. The van der Waals surface area contributed by atoms with E-state index >= 15 is 0 Å². The second-order valence-corrected chi connectivity index (χ2v) is 9.29. The Labute approximate surface area is 188 Å². The first-order chi connectivity index (χ1) is 14.7. The van der Waals surface area contributed by atoms with Gasteiger partial charge in [0.05, 0.1) is 24.0 Å².